The molecule has 2 aliphatic rings. The number of allylic oxidation sites excluding steroid dienone is 1. The van der Waals surface area contributed by atoms with Gasteiger partial charge in [-0.25, -0.2) is 9.59 Å². The number of aliphatic carboxylic acids is 1. The van der Waals surface area contributed by atoms with Crippen LogP contribution in [-0.4, -0.2) is 53.7 Å². The average molecular weight is 474 g/mol. The van der Waals surface area contributed by atoms with Gasteiger partial charge in [-0.1, -0.05) is 25.0 Å². The minimum Gasteiger partial charge on any atom is -0.496 e. The van der Waals surface area contributed by atoms with Gasteiger partial charge in [0.05, 0.1) is 18.4 Å². The van der Waals surface area contributed by atoms with Gasteiger partial charge < -0.3 is 25.6 Å². The van der Waals surface area contributed by atoms with Crippen molar-refractivity contribution in [3.05, 3.63) is 33.9 Å². The molecule has 0 bridgehead atoms. The number of likely N-dealkylation sites (tertiary alicyclic amines) is 1. The molecule has 2 heterocycles. The van der Waals surface area contributed by atoms with Crippen molar-refractivity contribution in [1.82, 2.24) is 4.90 Å². The van der Waals surface area contributed by atoms with Crippen LogP contribution in [0.4, 0.5) is 10.5 Å². The molecule has 1 fully saturated rings. The van der Waals surface area contributed by atoms with Gasteiger partial charge in [0.15, 0.2) is 0 Å². The molecule has 1 unspecified atom stereocenters. The van der Waals surface area contributed by atoms with Crippen molar-refractivity contribution in [1.29, 1.82) is 0 Å². The summed E-state index contributed by atoms with van der Waals surface area (Å²) in [5.74, 6) is -0.789. The zero-order valence-electron chi connectivity index (χ0n) is 20.5. The third-order valence-corrected chi connectivity index (χ3v) is 7.10. The average Bonchev–Trinajstić information content (AvgIpc) is 3.20. The number of benzene rings is 1. The van der Waals surface area contributed by atoms with Crippen LogP contribution in [0.15, 0.2) is 11.6 Å². The van der Waals surface area contributed by atoms with Crippen LogP contribution in [0.25, 0.3) is 0 Å². The number of rotatable bonds is 9. The lowest BCUT2D eigenvalue weighted by Crippen LogP contribution is -2.56. The molecule has 0 radical (unpaired) electrons. The van der Waals surface area contributed by atoms with Crippen LogP contribution >= 0.6 is 0 Å². The molecule has 2 aliphatic heterocycles. The SMILES string of the molecule is CCC(C/C(C)=C/Cc1c(NC(N)=O)c2c(c(C)c1OC)COC2=O)(C(=O)O)N1CCCCC1. The number of methoxy groups -OCH3 is 1. The number of urea groups is 1. The van der Waals surface area contributed by atoms with Crippen molar-refractivity contribution in [3.8, 4) is 5.75 Å². The van der Waals surface area contributed by atoms with E-state index in [9.17, 15) is 19.5 Å². The number of esters is 1. The van der Waals surface area contributed by atoms with Crippen LogP contribution in [0.1, 0.15) is 73.0 Å². The molecule has 34 heavy (non-hydrogen) atoms. The summed E-state index contributed by atoms with van der Waals surface area (Å²) in [5.41, 5.74) is 7.96. The van der Waals surface area contributed by atoms with E-state index < -0.39 is 23.5 Å². The maximum Gasteiger partial charge on any atom is 0.341 e. The topological polar surface area (TPSA) is 131 Å². The Hall–Kier alpha value is -3.07. The minimum atomic E-state index is -0.961. The summed E-state index contributed by atoms with van der Waals surface area (Å²) < 4.78 is 10.9. The fourth-order valence-corrected chi connectivity index (χ4v) is 5.27. The number of carboxylic acids is 1. The van der Waals surface area contributed by atoms with E-state index >= 15 is 0 Å². The van der Waals surface area contributed by atoms with Crippen LogP contribution < -0.4 is 15.8 Å². The van der Waals surface area contributed by atoms with Gasteiger partial charge in [-0.05, 0) is 64.6 Å². The molecule has 186 valence electrons. The van der Waals surface area contributed by atoms with E-state index in [1.807, 2.05) is 26.8 Å². The first-order valence-corrected chi connectivity index (χ1v) is 11.8. The Kier molecular flexibility index (Phi) is 7.86. The van der Waals surface area contributed by atoms with Crippen molar-refractivity contribution in [2.24, 2.45) is 5.73 Å². The Balaban J connectivity index is 1.99. The predicted molar refractivity (Wildman–Crippen MR) is 128 cm³/mol. The molecule has 0 aromatic heterocycles. The van der Waals surface area contributed by atoms with E-state index in [1.54, 1.807) is 0 Å². The van der Waals surface area contributed by atoms with E-state index in [0.29, 0.717) is 41.7 Å². The minimum absolute atomic E-state index is 0.104. The standard InChI is InChI=1S/C25H35N3O6/c1-5-25(23(30)31,28-11-7-6-8-12-28)13-15(2)9-10-17-20(27-24(26)32)19-18(14-34-22(19)29)16(3)21(17)33-4/h9H,5-8,10-14H2,1-4H3,(H,30,31)(H3,26,27,32)/b15-9+. The second kappa shape index (κ2) is 10.5. The van der Waals surface area contributed by atoms with Gasteiger partial charge in [0.2, 0.25) is 0 Å². The number of amides is 2. The summed E-state index contributed by atoms with van der Waals surface area (Å²) >= 11 is 0. The molecule has 1 aromatic rings. The van der Waals surface area contributed by atoms with Crippen molar-refractivity contribution < 1.29 is 29.0 Å². The molecular formula is C25H35N3O6. The number of primary amides is 1. The number of hydrogen-bond donors (Lipinski definition) is 3. The number of carbonyl (C=O) groups is 3. The number of carboxylic acid groups (broad SMARTS) is 1. The highest BCUT2D eigenvalue weighted by Crippen LogP contribution is 2.41. The van der Waals surface area contributed by atoms with E-state index in [1.165, 1.54) is 7.11 Å². The second-order valence-electron chi connectivity index (χ2n) is 9.10. The van der Waals surface area contributed by atoms with Crippen LogP contribution in [0.3, 0.4) is 0 Å². The number of anilines is 1. The highest BCUT2D eigenvalue weighted by Gasteiger charge is 2.43. The molecule has 1 saturated heterocycles. The first-order valence-electron chi connectivity index (χ1n) is 11.8. The Morgan fingerprint density at radius 1 is 1.29 bits per heavy atom. The van der Waals surface area contributed by atoms with Crippen LogP contribution in [0.2, 0.25) is 0 Å². The van der Waals surface area contributed by atoms with Crippen molar-refractivity contribution in [2.45, 2.75) is 71.4 Å². The van der Waals surface area contributed by atoms with E-state index in [2.05, 4.69) is 10.2 Å². The molecule has 3 rings (SSSR count). The summed E-state index contributed by atoms with van der Waals surface area (Å²) in [6, 6.07) is -0.796. The Bertz CT molecular complexity index is 1010. The summed E-state index contributed by atoms with van der Waals surface area (Å²) in [6.45, 7) is 7.34. The van der Waals surface area contributed by atoms with Gasteiger partial charge >= 0.3 is 18.0 Å². The van der Waals surface area contributed by atoms with Crippen LogP contribution in [0.5, 0.6) is 5.75 Å². The number of ether oxygens (including phenoxy) is 2. The molecule has 0 saturated carbocycles. The van der Waals surface area contributed by atoms with E-state index in [0.717, 1.165) is 43.5 Å². The summed E-state index contributed by atoms with van der Waals surface area (Å²) in [4.78, 5) is 38.8. The highest BCUT2D eigenvalue weighted by molar-refractivity contribution is 6.05. The quantitative estimate of drug-likeness (QED) is 0.367. The first kappa shape index (κ1) is 25.6. The molecular weight excluding hydrogens is 438 g/mol. The molecule has 9 nitrogen and oxygen atoms in total. The van der Waals surface area contributed by atoms with Crippen molar-refractivity contribution in [2.75, 3.05) is 25.5 Å². The number of hydrogen-bond acceptors (Lipinski definition) is 6. The number of fused-ring (bicyclic) bond motifs is 1. The van der Waals surface area contributed by atoms with Gasteiger partial charge in [0.25, 0.3) is 0 Å². The summed E-state index contributed by atoms with van der Waals surface area (Å²) in [5, 5.41) is 12.8. The van der Waals surface area contributed by atoms with Gasteiger partial charge in [-0.15, -0.1) is 0 Å². The Morgan fingerprint density at radius 2 is 1.97 bits per heavy atom. The number of carbonyl (C=O) groups excluding carboxylic acids is 2. The Labute approximate surface area is 200 Å². The largest absolute Gasteiger partial charge is 0.496 e. The Morgan fingerprint density at radius 3 is 2.53 bits per heavy atom. The number of nitrogens with zero attached hydrogens (tertiary/aromatic N) is 1. The maximum atomic E-state index is 12.4. The smallest absolute Gasteiger partial charge is 0.341 e. The number of nitrogens with two attached hydrogens (primary N) is 1. The molecule has 4 N–H and O–H groups in total. The summed E-state index contributed by atoms with van der Waals surface area (Å²) in [6.07, 6.45) is 6.27. The van der Waals surface area contributed by atoms with Crippen molar-refractivity contribution >= 4 is 23.7 Å². The molecule has 1 atom stereocenters. The molecule has 0 spiro atoms. The fraction of sp³-hybridized carbons (Fsp3) is 0.560. The molecule has 2 amide bonds. The third-order valence-electron chi connectivity index (χ3n) is 7.10. The number of piperidine rings is 1. The first-order chi connectivity index (χ1) is 16.2. The predicted octanol–water partition coefficient (Wildman–Crippen LogP) is 3.76. The highest BCUT2D eigenvalue weighted by atomic mass is 16.5. The van der Waals surface area contributed by atoms with Gasteiger partial charge in [-0.3, -0.25) is 9.69 Å². The third kappa shape index (κ3) is 4.75. The second-order valence-corrected chi connectivity index (χ2v) is 9.10. The number of cyclic esters (lactones) is 1. The molecule has 1 aromatic carbocycles. The maximum absolute atomic E-state index is 12.4. The van der Waals surface area contributed by atoms with Gasteiger partial charge in [0.1, 0.15) is 17.9 Å². The normalized spacial score (nSPS) is 18.1. The van der Waals surface area contributed by atoms with Crippen LogP contribution in [-0.2, 0) is 22.6 Å². The van der Waals surface area contributed by atoms with Crippen molar-refractivity contribution in [3.63, 3.8) is 0 Å². The lowest BCUT2D eigenvalue weighted by Gasteiger charge is -2.42. The fourth-order valence-electron chi connectivity index (χ4n) is 5.27. The van der Waals surface area contributed by atoms with Gasteiger partial charge in [-0.2, -0.15) is 0 Å². The van der Waals surface area contributed by atoms with Gasteiger partial charge in [0, 0.05) is 11.1 Å². The number of nitrogens with one attached hydrogen (secondary N) is 1. The summed E-state index contributed by atoms with van der Waals surface area (Å²) in [7, 11) is 1.53. The van der Waals surface area contributed by atoms with Crippen LogP contribution in [0, 0.1) is 6.92 Å². The zero-order chi connectivity index (χ0) is 25.0. The molecule has 0 aliphatic carbocycles. The van der Waals surface area contributed by atoms with E-state index in [4.69, 9.17) is 15.2 Å². The lowest BCUT2D eigenvalue weighted by molar-refractivity contribution is -0.153. The lowest BCUT2D eigenvalue weighted by atomic mass is 9.84. The zero-order valence-corrected chi connectivity index (χ0v) is 20.5. The molecule has 9 heteroatoms. The monoisotopic (exact) mass is 473 g/mol. The van der Waals surface area contributed by atoms with E-state index in [-0.39, 0.29) is 12.3 Å².